The number of fused-ring (bicyclic) bond motifs is 1. The molecule has 0 fully saturated rings. The molecule has 0 aliphatic carbocycles. The highest BCUT2D eigenvalue weighted by Gasteiger charge is 2.35. The summed E-state index contributed by atoms with van der Waals surface area (Å²) in [5.41, 5.74) is 1.43. The van der Waals surface area contributed by atoms with Crippen molar-refractivity contribution in [2.75, 3.05) is 25.2 Å². The fraction of sp³-hybridized carbons (Fsp3) is 0.533. The van der Waals surface area contributed by atoms with Gasteiger partial charge < -0.3 is 19.4 Å². The first-order chi connectivity index (χ1) is 12.2. The molecule has 0 atom stereocenters. The lowest BCUT2D eigenvalue weighted by Gasteiger charge is -2.18. The van der Waals surface area contributed by atoms with Crippen LogP contribution in [0.5, 0.6) is 5.75 Å². The van der Waals surface area contributed by atoms with Crippen molar-refractivity contribution < 1.29 is 33.3 Å². The quantitative estimate of drug-likeness (QED) is 0.299. The molecular weight excluding hydrogens is 367 g/mol. The number of nitro groups is 1. The first-order valence-electron chi connectivity index (χ1n) is 8.01. The Labute approximate surface area is 150 Å². The van der Waals surface area contributed by atoms with Crippen LogP contribution in [-0.2, 0) is 20.3 Å². The molecule has 1 aromatic rings. The number of amides is 1. The van der Waals surface area contributed by atoms with E-state index in [0.717, 1.165) is 0 Å². The normalized spacial score (nSPS) is 13.6. The Morgan fingerprint density at radius 3 is 2.69 bits per heavy atom. The summed E-state index contributed by atoms with van der Waals surface area (Å²) in [6.45, 7) is 1.88. The van der Waals surface area contributed by atoms with Gasteiger partial charge in [-0.05, 0) is 31.7 Å². The predicted octanol–water partition coefficient (Wildman–Crippen LogP) is 2.08. The average molecular weight is 388 g/mol. The zero-order valence-corrected chi connectivity index (χ0v) is 15.4. The van der Waals surface area contributed by atoms with Crippen molar-refractivity contribution in [1.29, 1.82) is 0 Å². The molecule has 0 radical (unpaired) electrons. The maximum atomic E-state index is 12.5. The third-order valence-corrected chi connectivity index (χ3v) is 4.63. The van der Waals surface area contributed by atoms with Gasteiger partial charge in [0.2, 0.25) is 5.91 Å². The Kier molecular flexibility index (Phi) is 6.35. The molecule has 1 aromatic carbocycles. The molecule has 1 aliphatic rings. The summed E-state index contributed by atoms with van der Waals surface area (Å²) in [5.74, 6) is 0.268. The second kappa shape index (κ2) is 8.13. The molecule has 0 spiro atoms. The molecule has 10 nitrogen and oxygen atoms in total. The fourth-order valence-corrected chi connectivity index (χ4v) is 3.44. The molecule has 11 heteroatoms. The van der Waals surface area contributed by atoms with Crippen LogP contribution in [0.15, 0.2) is 6.07 Å². The van der Waals surface area contributed by atoms with Gasteiger partial charge in [-0.15, -0.1) is 0 Å². The van der Waals surface area contributed by atoms with Crippen LogP contribution in [0.4, 0.5) is 11.4 Å². The highest BCUT2D eigenvalue weighted by atomic mass is 31.2. The molecule has 0 unspecified atom stereocenters. The number of rotatable bonds is 8. The third-order valence-electron chi connectivity index (χ3n) is 4.12. The minimum atomic E-state index is -4.51. The van der Waals surface area contributed by atoms with E-state index in [2.05, 4.69) is 4.52 Å². The van der Waals surface area contributed by atoms with Gasteiger partial charge in [-0.3, -0.25) is 19.4 Å². The van der Waals surface area contributed by atoms with E-state index in [1.54, 1.807) is 6.92 Å². The number of ether oxygens (including phenoxy) is 1. The van der Waals surface area contributed by atoms with Crippen LogP contribution in [0.2, 0.25) is 0 Å². The summed E-state index contributed by atoms with van der Waals surface area (Å²) in [7, 11) is -3.02. The van der Waals surface area contributed by atoms with Gasteiger partial charge in [0.05, 0.1) is 18.6 Å². The first kappa shape index (κ1) is 20.3. The number of methoxy groups -OCH3 is 1. The second-order valence-corrected chi connectivity index (χ2v) is 7.15. The summed E-state index contributed by atoms with van der Waals surface area (Å²) in [5, 5.41) is 11.4. The van der Waals surface area contributed by atoms with Gasteiger partial charge in [0.1, 0.15) is 11.4 Å². The van der Waals surface area contributed by atoms with E-state index in [4.69, 9.17) is 14.5 Å². The van der Waals surface area contributed by atoms with E-state index in [0.29, 0.717) is 36.3 Å². The van der Waals surface area contributed by atoms with Crippen LogP contribution in [-0.4, -0.2) is 40.9 Å². The number of benzene rings is 1. The van der Waals surface area contributed by atoms with Gasteiger partial charge in [-0.1, -0.05) is 0 Å². The van der Waals surface area contributed by atoms with Crippen molar-refractivity contribution in [3.63, 3.8) is 0 Å². The lowest BCUT2D eigenvalue weighted by Crippen LogP contribution is -2.29. The van der Waals surface area contributed by atoms with Crippen LogP contribution in [0.25, 0.3) is 0 Å². The number of nitro benzene ring substituents is 1. The Morgan fingerprint density at radius 1 is 1.42 bits per heavy atom. The SMILES string of the molecule is COc1c(C)cc([N+](=O)[O-])c2c1CCN2C(=O)CCCCOP(=O)(O)O. The molecule has 0 saturated heterocycles. The second-order valence-electron chi connectivity index (χ2n) is 5.91. The molecule has 144 valence electrons. The molecule has 1 amide bonds. The Balaban J connectivity index is 2.11. The number of anilines is 1. The van der Waals surface area contributed by atoms with Gasteiger partial charge in [-0.2, -0.15) is 0 Å². The van der Waals surface area contributed by atoms with Crippen molar-refractivity contribution >= 4 is 25.1 Å². The summed E-state index contributed by atoms with van der Waals surface area (Å²) in [6, 6.07) is 1.40. The van der Waals surface area contributed by atoms with E-state index in [-0.39, 0.29) is 36.7 Å². The highest BCUT2D eigenvalue weighted by molar-refractivity contribution is 7.46. The molecule has 0 aromatic heterocycles. The fourth-order valence-electron chi connectivity index (χ4n) is 3.08. The van der Waals surface area contributed by atoms with Gasteiger partial charge in [0.25, 0.3) is 5.69 Å². The lowest BCUT2D eigenvalue weighted by atomic mass is 10.1. The number of phosphoric acid groups is 1. The number of unbranched alkanes of at least 4 members (excludes halogenated alkanes) is 1. The zero-order valence-electron chi connectivity index (χ0n) is 14.5. The van der Waals surface area contributed by atoms with Crippen LogP contribution in [0, 0.1) is 17.0 Å². The molecule has 2 rings (SSSR count). The maximum Gasteiger partial charge on any atom is 0.469 e. The minimum Gasteiger partial charge on any atom is -0.496 e. The van der Waals surface area contributed by atoms with Crippen LogP contribution >= 0.6 is 7.82 Å². The molecule has 1 aliphatic heterocycles. The van der Waals surface area contributed by atoms with Crippen molar-refractivity contribution in [2.24, 2.45) is 0 Å². The van der Waals surface area contributed by atoms with E-state index in [1.165, 1.54) is 18.1 Å². The summed E-state index contributed by atoms with van der Waals surface area (Å²) in [6.07, 6.45) is 1.20. The summed E-state index contributed by atoms with van der Waals surface area (Å²) >= 11 is 0. The maximum absolute atomic E-state index is 12.5. The van der Waals surface area contributed by atoms with E-state index >= 15 is 0 Å². The number of hydrogen-bond donors (Lipinski definition) is 2. The van der Waals surface area contributed by atoms with Gasteiger partial charge in [-0.25, -0.2) is 4.57 Å². The topological polar surface area (TPSA) is 139 Å². The van der Waals surface area contributed by atoms with Gasteiger partial charge in [0, 0.05) is 24.6 Å². The minimum absolute atomic E-state index is 0.0945. The highest BCUT2D eigenvalue weighted by Crippen LogP contribution is 2.44. The number of hydrogen-bond acceptors (Lipinski definition) is 6. The zero-order chi connectivity index (χ0) is 19.5. The Morgan fingerprint density at radius 2 is 2.12 bits per heavy atom. The van der Waals surface area contributed by atoms with E-state index in [1.807, 2.05) is 0 Å². The monoisotopic (exact) mass is 388 g/mol. The van der Waals surface area contributed by atoms with Crippen molar-refractivity contribution in [1.82, 2.24) is 0 Å². The summed E-state index contributed by atoms with van der Waals surface area (Å²) < 4.78 is 20.3. The van der Waals surface area contributed by atoms with Crippen molar-refractivity contribution in [3.05, 3.63) is 27.3 Å². The third kappa shape index (κ3) is 4.59. The molecule has 0 bridgehead atoms. The number of aryl methyl sites for hydroxylation is 1. The predicted molar refractivity (Wildman–Crippen MR) is 92.3 cm³/mol. The van der Waals surface area contributed by atoms with E-state index < -0.39 is 12.7 Å². The largest absolute Gasteiger partial charge is 0.496 e. The number of carbonyl (C=O) groups is 1. The molecular formula is C15H21N2O8P. The Bertz CT molecular complexity index is 761. The standard InChI is InChI=1S/C15H21N2O8P/c1-10-9-12(17(19)20)14-11(15(10)24-2)6-7-16(14)13(18)5-3-4-8-25-26(21,22)23/h9H,3-8H2,1-2H3,(H2,21,22,23). The van der Waals surface area contributed by atoms with Gasteiger partial charge >= 0.3 is 7.82 Å². The van der Waals surface area contributed by atoms with Crippen molar-refractivity contribution in [3.8, 4) is 5.75 Å². The molecule has 2 N–H and O–H groups in total. The molecule has 1 heterocycles. The summed E-state index contributed by atoms with van der Waals surface area (Å²) in [4.78, 5) is 42.0. The first-order valence-corrected chi connectivity index (χ1v) is 9.54. The number of nitrogens with zero attached hydrogens (tertiary/aromatic N) is 2. The van der Waals surface area contributed by atoms with Gasteiger partial charge in [0.15, 0.2) is 0 Å². The smallest absolute Gasteiger partial charge is 0.469 e. The van der Waals surface area contributed by atoms with Crippen molar-refractivity contribution in [2.45, 2.75) is 32.6 Å². The number of carbonyl (C=O) groups excluding carboxylic acids is 1. The van der Waals surface area contributed by atoms with Crippen LogP contribution in [0.1, 0.15) is 30.4 Å². The number of phosphoric ester groups is 1. The van der Waals surface area contributed by atoms with E-state index in [9.17, 15) is 19.5 Å². The average Bonchev–Trinajstić information content (AvgIpc) is 2.97. The Hall–Kier alpha value is -2.00. The lowest BCUT2D eigenvalue weighted by molar-refractivity contribution is -0.384. The van der Waals surface area contributed by atoms with Crippen LogP contribution in [0.3, 0.4) is 0 Å². The van der Waals surface area contributed by atoms with Crippen LogP contribution < -0.4 is 9.64 Å². The molecule has 26 heavy (non-hydrogen) atoms. The molecule has 0 saturated carbocycles.